The van der Waals surface area contributed by atoms with Gasteiger partial charge in [0.05, 0.1) is 19.1 Å². The topological polar surface area (TPSA) is 53.7 Å². The van der Waals surface area contributed by atoms with Crippen molar-refractivity contribution in [2.24, 2.45) is 10.9 Å². The van der Waals surface area contributed by atoms with Gasteiger partial charge in [-0.3, -0.25) is 14.6 Å². The quantitative estimate of drug-likeness (QED) is 0.318. The summed E-state index contributed by atoms with van der Waals surface area (Å²) in [5.41, 5.74) is 4.34. The average Bonchev–Trinajstić information content (AvgIpc) is 3.52. The minimum atomic E-state index is -0.290. The van der Waals surface area contributed by atoms with Crippen LogP contribution < -0.4 is 4.90 Å². The average molecular weight is 508 g/mol. The Kier molecular flexibility index (Phi) is 6.06. The number of aromatic nitrogens is 2. The van der Waals surface area contributed by atoms with Crippen LogP contribution in [0.15, 0.2) is 83.9 Å². The summed E-state index contributed by atoms with van der Waals surface area (Å²) in [6.07, 6.45) is 0. The van der Waals surface area contributed by atoms with Gasteiger partial charge in [0.2, 0.25) is 5.96 Å². The number of hydrogen-bond donors (Lipinski definition) is 0. The molecular weight excluding hydrogens is 477 g/mol. The molecule has 0 saturated heterocycles. The van der Waals surface area contributed by atoms with E-state index in [4.69, 9.17) is 9.98 Å². The molecule has 192 valence electrons. The van der Waals surface area contributed by atoms with Crippen molar-refractivity contribution in [3.63, 3.8) is 0 Å². The Morgan fingerprint density at radius 2 is 1.66 bits per heavy atom. The third-order valence-electron chi connectivity index (χ3n) is 7.34. The molecule has 1 atom stereocenters. The van der Waals surface area contributed by atoms with E-state index in [9.17, 15) is 9.18 Å². The number of nitrogens with zero attached hydrogens (tertiary/aromatic N) is 5. The highest BCUT2D eigenvalue weighted by Gasteiger charge is 2.44. The maximum Gasteiger partial charge on any atom is 0.283 e. The molecule has 0 fully saturated rings. The normalized spacial score (nSPS) is 16.6. The lowest BCUT2D eigenvalue weighted by Crippen LogP contribution is -2.50. The smallest absolute Gasteiger partial charge is 0.283 e. The predicted octanol–water partition coefficient (Wildman–Crippen LogP) is 6.08. The highest BCUT2D eigenvalue weighted by molar-refractivity contribution is 6.18. The van der Waals surface area contributed by atoms with Crippen LogP contribution in [-0.4, -0.2) is 45.4 Å². The fourth-order valence-electron chi connectivity index (χ4n) is 5.28. The fraction of sp³-hybridized carbons (Fsp3) is 0.258. The molecule has 0 N–H and O–H groups in total. The van der Waals surface area contributed by atoms with Crippen molar-refractivity contribution in [1.29, 1.82) is 0 Å². The second-order valence-corrected chi connectivity index (χ2v) is 10.2. The second kappa shape index (κ2) is 9.56. The van der Waals surface area contributed by atoms with E-state index in [1.165, 1.54) is 12.1 Å². The Morgan fingerprint density at radius 3 is 2.34 bits per heavy atom. The Hall–Kier alpha value is -4.26. The van der Waals surface area contributed by atoms with E-state index < -0.39 is 0 Å². The summed E-state index contributed by atoms with van der Waals surface area (Å²) in [4.78, 5) is 27.4. The SMILES string of the molecule is CCN1C(=O)c2nc(-c3ccc(-c4ccccc4)cc3)n(Cc3cccc(F)c3)c2N2C[C@@H](C(C)C)N=C12. The van der Waals surface area contributed by atoms with E-state index in [-0.39, 0.29) is 17.8 Å². The van der Waals surface area contributed by atoms with Gasteiger partial charge in [-0.15, -0.1) is 0 Å². The highest BCUT2D eigenvalue weighted by Crippen LogP contribution is 2.38. The number of anilines is 1. The van der Waals surface area contributed by atoms with Gasteiger partial charge in [-0.1, -0.05) is 80.6 Å². The molecule has 1 aromatic heterocycles. The number of halogens is 1. The van der Waals surface area contributed by atoms with Crippen LogP contribution in [0.1, 0.15) is 36.8 Å². The summed E-state index contributed by atoms with van der Waals surface area (Å²) in [6.45, 7) is 7.82. The van der Waals surface area contributed by atoms with Crippen molar-refractivity contribution in [2.45, 2.75) is 33.4 Å². The number of amides is 1. The van der Waals surface area contributed by atoms with E-state index in [1.54, 1.807) is 11.0 Å². The van der Waals surface area contributed by atoms with Crippen LogP contribution in [-0.2, 0) is 6.54 Å². The molecule has 38 heavy (non-hydrogen) atoms. The minimum Gasteiger partial charge on any atom is -0.305 e. The van der Waals surface area contributed by atoms with Crippen molar-refractivity contribution < 1.29 is 9.18 Å². The van der Waals surface area contributed by atoms with E-state index >= 15 is 0 Å². The van der Waals surface area contributed by atoms with Crippen LogP contribution in [0.25, 0.3) is 22.5 Å². The molecule has 7 heteroatoms. The molecule has 0 radical (unpaired) electrons. The number of carbonyl (C=O) groups is 1. The first kappa shape index (κ1) is 24.1. The summed E-state index contributed by atoms with van der Waals surface area (Å²) in [6, 6.07) is 25.1. The van der Waals surface area contributed by atoms with Gasteiger partial charge in [-0.2, -0.15) is 0 Å². The number of fused-ring (bicyclic) bond motifs is 3. The number of benzene rings is 3. The van der Waals surface area contributed by atoms with Crippen LogP contribution in [0.2, 0.25) is 0 Å². The number of rotatable bonds is 6. The van der Waals surface area contributed by atoms with Gasteiger partial charge in [0.1, 0.15) is 17.5 Å². The molecule has 1 amide bonds. The number of guanidine groups is 1. The van der Waals surface area contributed by atoms with Gasteiger partial charge in [0, 0.05) is 12.1 Å². The van der Waals surface area contributed by atoms with Gasteiger partial charge < -0.3 is 4.57 Å². The van der Waals surface area contributed by atoms with Crippen molar-refractivity contribution >= 4 is 17.7 Å². The number of carbonyl (C=O) groups excluding carboxylic acids is 1. The van der Waals surface area contributed by atoms with Crippen LogP contribution in [0, 0.1) is 11.7 Å². The van der Waals surface area contributed by atoms with Gasteiger partial charge in [-0.05, 0) is 41.7 Å². The molecule has 3 heterocycles. The lowest BCUT2D eigenvalue weighted by Gasteiger charge is -2.33. The summed E-state index contributed by atoms with van der Waals surface area (Å²) in [5, 5.41) is 0. The van der Waals surface area contributed by atoms with E-state index in [0.29, 0.717) is 43.0 Å². The van der Waals surface area contributed by atoms with E-state index in [0.717, 1.165) is 28.1 Å². The van der Waals surface area contributed by atoms with Gasteiger partial charge in [-0.25, -0.2) is 14.4 Å². The standard InChI is InChI=1S/C31H30FN5O/c1-4-35-30(38)27-29(37-19-26(20(2)3)33-31(35)37)36(18-21-9-8-12-25(32)17-21)28(34-27)24-15-13-23(14-16-24)22-10-6-5-7-11-22/h5-17,20,26H,4,18-19H2,1-3H3/t26-/m0/s1. The van der Waals surface area contributed by atoms with Gasteiger partial charge >= 0.3 is 0 Å². The maximum atomic E-state index is 14.2. The first-order valence-electron chi connectivity index (χ1n) is 13.1. The molecule has 2 aliphatic rings. The first-order chi connectivity index (χ1) is 18.4. The lowest BCUT2D eigenvalue weighted by atomic mass is 10.0. The van der Waals surface area contributed by atoms with Crippen LogP contribution in [0.3, 0.4) is 0 Å². The summed E-state index contributed by atoms with van der Waals surface area (Å²) >= 11 is 0. The zero-order valence-electron chi connectivity index (χ0n) is 21.8. The Balaban J connectivity index is 1.50. The van der Waals surface area contributed by atoms with E-state index in [1.807, 2.05) is 47.9 Å². The predicted molar refractivity (Wildman–Crippen MR) is 149 cm³/mol. The third-order valence-corrected chi connectivity index (χ3v) is 7.34. The molecule has 0 spiro atoms. The van der Waals surface area contributed by atoms with Crippen molar-refractivity contribution in [2.75, 3.05) is 18.0 Å². The Labute approximate surface area is 222 Å². The minimum absolute atomic E-state index is 0.0731. The number of imidazole rings is 1. The zero-order valence-corrected chi connectivity index (χ0v) is 21.8. The molecular formula is C31H30FN5O. The van der Waals surface area contributed by atoms with Crippen LogP contribution in [0.4, 0.5) is 10.2 Å². The molecule has 3 aromatic carbocycles. The maximum absolute atomic E-state index is 14.2. The summed E-state index contributed by atoms with van der Waals surface area (Å²) in [7, 11) is 0. The molecule has 6 rings (SSSR count). The Bertz CT molecular complexity index is 1520. The molecule has 4 aromatic rings. The van der Waals surface area contributed by atoms with Crippen molar-refractivity contribution in [1.82, 2.24) is 14.5 Å². The van der Waals surface area contributed by atoms with Gasteiger partial charge in [0.25, 0.3) is 5.91 Å². The largest absolute Gasteiger partial charge is 0.305 e. The molecule has 0 aliphatic carbocycles. The van der Waals surface area contributed by atoms with Crippen LogP contribution in [0.5, 0.6) is 0 Å². The Morgan fingerprint density at radius 1 is 0.947 bits per heavy atom. The van der Waals surface area contributed by atoms with Crippen LogP contribution >= 0.6 is 0 Å². The summed E-state index contributed by atoms with van der Waals surface area (Å²) < 4.78 is 16.2. The molecule has 0 saturated carbocycles. The lowest BCUT2D eigenvalue weighted by molar-refractivity contribution is 0.0841. The fourth-order valence-corrected chi connectivity index (χ4v) is 5.28. The van der Waals surface area contributed by atoms with E-state index in [2.05, 4.69) is 43.0 Å². The molecule has 0 bridgehead atoms. The number of hydrogen-bond acceptors (Lipinski definition) is 4. The second-order valence-electron chi connectivity index (χ2n) is 10.2. The third kappa shape index (κ3) is 4.08. The molecule has 0 unspecified atom stereocenters. The molecule has 6 nitrogen and oxygen atoms in total. The van der Waals surface area contributed by atoms with Crippen molar-refractivity contribution in [3.8, 4) is 22.5 Å². The monoisotopic (exact) mass is 507 g/mol. The van der Waals surface area contributed by atoms with Crippen molar-refractivity contribution in [3.05, 3.63) is 95.9 Å². The van der Waals surface area contributed by atoms with Gasteiger partial charge in [0.15, 0.2) is 5.69 Å². The zero-order chi connectivity index (χ0) is 26.4. The molecule has 2 aliphatic heterocycles. The summed E-state index contributed by atoms with van der Waals surface area (Å²) in [5.74, 6) is 1.97. The first-order valence-corrected chi connectivity index (χ1v) is 13.1. The number of aliphatic imine (C=N–C) groups is 1. The highest BCUT2D eigenvalue weighted by atomic mass is 19.1.